The number of nitrogens with zero attached hydrogens (tertiary/aromatic N) is 7. The van der Waals surface area contributed by atoms with E-state index in [0.717, 1.165) is 35.9 Å². The van der Waals surface area contributed by atoms with Crippen LogP contribution in [0.25, 0.3) is 33.2 Å². The van der Waals surface area contributed by atoms with Crippen molar-refractivity contribution in [2.75, 3.05) is 0 Å². The topological polar surface area (TPSA) is 90.8 Å². The maximum atomic E-state index is 13.6. The van der Waals surface area contributed by atoms with Gasteiger partial charge in [0.1, 0.15) is 10.9 Å². The first-order chi connectivity index (χ1) is 16.8. The molecule has 6 rings (SSSR count). The molecule has 1 aliphatic rings. The van der Waals surface area contributed by atoms with Gasteiger partial charge in [0.05, 0.1) is 23.6 Å². The highest BCUT2D eigenvalue weighted by Gasteiger charge is 2.20. The number of fused-ring (bicyclic) bond motifs is 4. The third kappa shape index (κ3) is 3.67. The van der Waals surface area contributed by atoms with Crippen LogP contribution in [0.15, 0.2) is 76.7 Å². The minimum atomic E-state index is -0.117. The van der Waals surface area contributed by atoms with Gasteiger partial charge in [-0.05, 0) is 61.9 Å². The van der Waals surface area contributed by atoms with E-state index >= 15 is 0 Å². The summed E-state index contributed by atoms with van der Waals surface area (Å²) in [4.78, 5) is 31.9. The van der Waals surface area contributed by atoms with E-state index in [9.17, 15) is 4.79 Å². The molecule has 5 aromatic rings. The average molecular weight is 450 g/mol. The van der Waals surface area contributed by atoms with Crippen molar-refractivity contribution in [1.82, 2.24) is 29.2 Å². The van der Waals surface area contributed by atoms with Crippen LogP contribution in [0, 0.1) is 0 Å². The quantitative estimate of drug-likeness (QED) is 0.292. The molecule has 34 heavy (non-hydrogen) atoms. The molecule has 0 saturated heterocycles. The molecule has 0 atom stereocenters. The molecule has 8 nitrogen and oxygen atoms in total. The fourth-order valence-corrected chi connectivity index (χ4v) is 4.49. The number of aryl methyl sites for hydroxylation is 1. The molecule has 1 aromatic carbocycles. The Labute approximate surface area is 195 Å². The lowest BCUT2D eigenvalue weighted by Crippen LogP contribution is -2.21. The van der Waals surface area contributed by atoms with Gasteiger partial charge in [-0.15, -0.1) is 0 Å². The van der Waals surface area contributed by atoms with E-state index < -0.39 is 0 Å². The number of hydrogen-bond donors (Lipinski definition) is 0. The number of hydrogen-bond acceptors (Lipinski definition) is 6. The van der Waals surface area contributed by atoms with Gasteiger partial charge in [0.15, 0.2) is 11.3 Å². The maximum absolute atomic E-state index is 13.6. The predicted molar refractivity (Wildman–Crippen MR) is 133 cm³/mol. The zero-order valence-corrected chi connectivity index (χ0v) is 18.6. The van der Waals surface area contributed by atoms with Gasteiger partial charge in [-0.3, -0.25) is 14.3 Å². The SMILES string of the molecule is O=c1c2c3nc4ccccc4nc3n(N=Cc3ccncc3)c2ncn1CCC1=CCCCC1. The van der Waals surface area contributed by atoms with Gasteiger partial charge < -0.3 is 0 Å². The summed E-state index contributed by atoms with van der Waals surface area (Å²) in [5.41, 5.74) is 5.14. The van der Waals surface area contributed by atoms with Crippen LogP contribution in [-0.4, -0.2) is 35.4 Å². The van der Waals surface area contributed by atoms with Crippen LogP contribution < -0.4 is 5.56 Å². The summed E-state index contributed by atoms with van der Waals surface area (Å²) in [6, 6.07) is 11.4. The lowest BCUT2D eigenvalue weighted by Gasteiger charge is -2.13. The van der Waals surface area contributed by atoms with Gasteiger partial charge in [0.2, 0.25) is 0 Å². The van der Waals surface area contributed by atoms with Gasteiger partial charge >= 0.3 is 0 Å². The smallest absolute Gasteiger partial charge is 0.265 e. The standard InChI is InChI=1S/C26H23N7O/c34-26-22-23-25(31-21-9-5-4-8-20(21)30-23)33(29-16-19-10-13-27-14-11-19)24(22)28-17-32(26)15-12-18-6-2-1-3-7-18/h4-6,8-11,13-14,16-17H,1-3,7,12,15H2. The molecule has 168 valence electrons. The van der Waals surface area contributed by atoms with Gasteiger partial charge in [0, 0.05) is 18.9 Å². The van der Waals surface area contributed by atoms with E-state index in [1.165, 1.54) is 18.4 Å². The van der Waals surface area contributed by atoms with Crippen LogP contribution in [0.4, 0.5) is 0 Å². The molecule has 0 radical (unpaired) electrons. The lowest BCUT2D eigenvalue weighted by molar-refractivity contribution is 0.610. The number of aromatic nitrogens is 6. The fraction of sp³-hybridized carbons (Fsp3) is 0.231. The van der Waals surface area contributed by atoms with Crippen LogP contribution in [0.5, 0.6) is 0 Å². The van der Waals surface area contributed by atoms with E-state index in [-0.39, 0.29) is 5.56 Å². The molecule has 8 heteroatoms. The summed E-state index contributed by atoms with van der Waals surface area (Å²) in [5, 5.41) is 5.08. The summed E-state index contributed by atoms with van der Waals surface area (Å²) in [6.45, 7) is 0.599. The molecule has 0 amide bonds. The number of para-hydroxylation sites is 2. The van der Waals surface area contributed by atoms with Crippen molar-refractivity contribution in [1.29, 1.82) is 0 Å². The maximum Gasteiger partial charge on any atom is 0.265 e. The second-order valence-corrected chi connectivity index (χ2v) is 8.52. The van der Waals surface area contributed by atoms with Crippen molar-refractivity contribution in [2.24, 2.45) is 5.10 Å². The molecule has 0 bridgehead atoms. The Morgan fingerprint density at radius 1 is 1.00 bits per heavy atom. The zero-order valence-electron chi connectivity index (χ0n) is 18.6. The summed E-state index contributed by atoms with van der Waals surface area (Å²) < 4.78 is 3.30. The molecule has 0 saturated carbocycles. The van der Waals surface area contributed by atoms with E-state index in [4.69, 9.17) is 9.97 Å². The monoisotopic (exact) mass is 449 g/mol. The summed E-state index contributed by atoms with van der Waals surface area (Å²) in [7, 11) is 0. The molecule has 0 spiro atoms. The second kappa shape index (κ2) is 8.62. The lowest BCUT2D eigenvalue weighted by atomic mass is 9.97. The van der Waals surface area contributed by atoms with Crippen LogP contribution in [-0.2, 0) is 6.54 Å². The number of rotatable bonds is 5. The van der Waals surface area contributed by atoms with Crippen LogP contribution in [0.3, 0.4) is 0 Å². The first-order valence-corrected chi connectivity index (χ1v) is 11.6. The van der Waals surface area contributed by atoms with Crippen molar-refractivity contribution in [3.8, 4) is 0 Å². The Morgan fingerprint density at radius 3 is 2.62 bits per heavy atom. The van der Waals surface area contributed by atoms with E-state index in [1.54, 1.807) is 34.2 Å². The molecular formula is C26H23N7O. The predicted octanol–water partition coefficient (Wildman–Crippen LogP) is 4.46. The summed E-state index contributed by atoms with van der Waals surface area (Å²) >= 11 is 0. The summed E-state index contributed by atoms with van der Waals surface area (Å²) in [5.74, 6) is 0. The summed E-state index contributed by atoms with van der Waals surface area (Å²) in [6.07, 6.45) is 14.6. The third-order valence-electron chi connectivity index (χ3n) is 6.30. The van der Waals surface area contributed by atoms with Crippen molar-refractivity contribution < 1.29 is 0 Å². The molecule has 0 fully saturated rings. The molecule has 0 unspecified atom stereocenters. The van der Waals surface area contributed by atoms with E-state index in [1.807, 2.05) is 36.4 Å². The Balaban J connectivity index is 1.52. The zero-order chi connectivity index (χ0) is 22.9. The van der Waals surface area contributed by atoms with Crippen molar-refractivity contribution in [3.05, 3.63) is 82.7 Å². The van der Waals surface area contributed by atoms with Gasteiger partial charge in [-0.2, -0.15) is 9.78 Å². The van der Waals surface area contributed by atoms with Gasteiger partial charge in [0.25, 0.3) is 5.56 Å². The normalized spacial score (nSPS) is 14.4. The van der Waals surface area contributed by atoms with Crippen LogP contribution in [0.2, 0.25) is 0 Å². The molecule has 0 N–H and O–H groups in total. The average Bonchev–Trinajstić information content (AvgIpc) is 3.20. The molecule has 0 aliphatic heterocycles. The van der Waals surface area contributed by atoms with E-state index in [0.29, 0.717) is 28.7 Å². The molecular weight excluding hydrogens is 426 g/mol. The fourth-order valence-electron chi connectivity index (χ4n) is 4.49. The largest absolute Gasteiger partial charge is 0.298 e. The highest BCUT2D eigenvalue weighted by molar-refractivity contribution is 6.04. The minimum absolute atomic E-state index is 0.117. The number of benzene rings is 1. The second-order valence-electron chi connectivity index (χ2n) is 8.52. The van der Waals surface area contributed by atoms with Gasteiger partial charge in [-0.1, -0.05) is 23.8 Å². The van der Waals surface area contributed by atoms with Crippen LogP contribution >= 0.6 is 0 Å². The van der Waals surface area contributed by atoms with E-state index in [2.05, 4.69) is 21.1 Å². The molecule has 4 heterocycles. The van der Waals surface area contributed by atoms with Crippen molar-refractivity contribution in [2.45, 2.75) is 38.6 Å². The van der Waals surface area contributed by atoms with Gasteiger partial charge in [-0.25, -0.2) is 15.0 Å². The highest BCUT2D eigenvalue weighted by atomic mass is 16.1. The Morgan fingerprint density at radius 2 is 1.82 bits per heavy atom. The number of pyridine rings is 1. The Bertz CT molecular complexity index is 1630. The highest BCUT2D eigenvalue weighted by Crippen LogP contribution is 2.25. The molecule has 1 aliphatic carbocycles. The first kappa shape index (κ1) is 20.4. The minimum Gasteiger partial charge on any atom is -0.298 e. The van der Waals surface area contributed by atoms with Crippen LogP contribution in [0.1, 0.15) is 37.7 Å². The first-order valence-electron chi connectivity index (χ1n) is 11.6. The third-order valence-corrected chi connectivity index (χ3v) is 6.30. The Hall–Kier alpha value is -4.20. The van der Waals surface area contributed by atoms with Crippen molar-refractivity contribution in [3.63, 3.8) is 0 Å². The molecule has 4 aromatic heterocycles. The van der Waals surface area contributed by atoms with Crippen molar-refractivity contribution >= 4 is 39.4 Å². The number of allylic oxidation sites excluding steroid dienone is 2. The Kier molecular flexibility index (Phi) is 5.18.